The lowest BCUT2D eigenvalue weighted by Gasteiger charge is -2.35. The Morgan fingerprint density at radius 1 is 1.02 bits per heavy atom. The van der Waals surface area contributed by atoms with Gasteiger partial charge in [0.05, 0.1) is 48.4 Å². The molecule has 1 aliphatic heterocycles. The van der Waals surface area contributed by atoms with Crippen LogP contribution in [0.4, 0.5) is 5.95 Å². The molecule has 4 aromatic rings. The molecule has 12 heteroatoms. The van der Waals surface area contributed by atoms with Crippen molar-refractivity contribution in [1.82, 2.24) is 24.8 Å². The smallest absolute Gasteiger partial charge is 0.264 e. The number of ether oxygens (including phenoxy) is 2. The van der Waals surface area contributed by atoms with Crippen molar-refractivity contribution in [2.75, 3.05) is 18.4 Å². The lowest BCUT2D eigenvalue weighted by molar-refractivity contribution is 0.0508. The first kappa shape index (κ1) is 30.9. The molecule has 1 N–H and O–H groups in total. The van der Waals surface area contributed by atoms with Crippen molar-refractivity contribution >= 4 is 21.9 Å². The number of carbonyl (C=O) groups excluding carboxylic acids is 1. The summed E-state index contributed by atoms with van der Waals surface area (Å²) >= 11 is 0. The molecule has 11 nitrogen and oxygen atoms in total. The van der Waals surface area contributed by atoms with Crippen LogP contribution in [-0.2, 0) is 16.6 Å². The standard InChI is InChI=1S/C32H36N6O5S/c1-20-9-7-10-21(2)29(20)26-14-27-36-31(35-26)37-44(40,41)25-12-8-11-22(13-25)30(39)38(24(19-43-27)15-32(3,4)5)18-23-16-33-17-28(34-23)42-6/h7-14,16-17,24H,15,18-19H2,1-6H3,(H,35,36,37)/t24-/m1/s1. The predicted molar refractivity (Wildman–Crippen MR) is 166 cm³/mol. The fraction of sp³-hybridized carbons (Fsp3) is 0.344. The summed E-state index contributed by atoms with van der Waals surface area (Å²) in [6.45, 7) is 10.4. The van der Waals surface area contributed by atoms with Gasteiger partial charge in [-0.2, -0.15) is 4.98 Å². The van der Waals surface area contributed by atoms with Gasteiger partial charge in [-0.3, -0.25) is 9.78 Å². The van der Waals surface area contributed by atoms with E-state index in [-0.39, 0.29) is 46.8 Å². The number of fused-ring (bicyclic) bond motifs is 4. The average Bonchev–Trinajstić information content (AvgIpc) is 2.97. The van der Waals surface area contributed by atoms with Crippen molar-refractivity contribution in [1.29, 1.82) is 0 Å². The van der Waals surface area contributed by atoms with E-state index < -0.39 is 16.1 Å². The van der Waals surface area contributed by atoms with Gasteiger partial charge >= 0.3 is 0 Å². The molecule has 0 unspecified atom stereocenters. The quantitative estimate of drug-likeness (QED) is 0.321. The number of carbonyl (C=O) groups is 1. The highest BCUT2D eigenvalue weighted by molar-refractivity contribution is 7.92. The van der Waals surface area contributed by atoms with Crippen LogP contribution in [0.25, 0.3) is 11.3 Å². The van der Waals surface area contributed by atoms with Crippen LogP contribution in [0, 0.1) is 19.3 Å². The van der Waals surface area contributed by atoms with Crippen molar-refractivity contribution in [3.63, 3.8) is 0 Å². The van der Waals surface area contributed by atoms with Crippen molar-refractivity contribution in [3.05, 3.63) is 83.3 Å². The topological polar surface area (TPSA) is 136 Å². The maximum atomic E-state index is 14.2. The Labute approximate surface area is 257 Å². The molecule has 5 rings (SSSR count). The van der Waals surface area contributed by atoms with Crippen molar-refractivity contribution in [3.8, 4) is 23.0 Å². The van der Waals surface area contributed by atoms with Gasteiger partial charge in [-0.15, -0.1) is 0 Å². The van der Waals surface area contributed by atoms with Crippen LogP contribution in [0.15, 0.2) is 65.8 Å². The van der Waals surface area contributed by atoms with Crippen molar-refractivity contribution in [2.45, 2.75) is 58.5 Å². The van der Waals surface area contributed by atoms with Gasteiger partial charge in [-0.1, -0.05) is 45.0 Å². The Bertz CT molecular complexity index is 1790. The van der Waals surface area contributed by atoms with E-state index in [1.165, 1.54) is 25.4 Å². The second-order valence-corrected chi connectivity index (χ2v) is 13.7. The minimum atomic E-state index is -4.17. The number of anilines is 1. The third-order valence-corrected chi connectivity index (χ3v) is 8.56. The minimum absolute atomic E-state index is 0.0789. The zero-order chi connectivity index (χ0) is 31.6. The number of methoxy groups -OCH3 is 1. The summed E-state index contributed by atoms with van der Waals surface area (Å²) in [5, 5.41) is 0. The number of aromatic nitrogens is 4. The zero-order valence-electron chi connectivity index (χ0n) is 25.7. The molecule has 1 atom stereocenters. The number of amides is 1. The molecule has 2 aromatic heterocycles. The second-order valence-electron chi connectivity index (χ2n) is 12.0. The van der Waals surface area contributed by atoms with Crippen LogP contribution in [0.2, 0.25) is 0 Å². The molecule has 3 heterocycles. The number of nitrogens with zero attached hydrogens (tertiary/aromatic N) is 5. The maximum absolute atomic E-state index is 14.2. The second kappa shape index (κ2) is 12.2. The molecule has 2 aromatic carbocycles. The largest absolute Gasteiger partial charge is 0.480 e. The molecule has 1 amide bonds. The van der Waals surface area contributed by atoms with Crippen molar-refractivity contribution < 1.29 is 22.7 Å². The van der Waals surface area contributed by atoms with Gasteiger partial charge < -0.3 is 14.4 Å². The first-order valence-corrected chi connectivity index (χ1v) is 15.7. The Balaban J connectivity index is 1.68. The van der Waals surface area contributed by atoms with E-state index in [0.717, 1.165) is 16.7 Å². The zero-order valence-corrected chi connectivity index (χ0v) is 26.5. The first-order chi connectivity index (χ1) is 20.8. The lowest BCUT2D eigenvalue weighted by Crippen LogP contribution is -2.45. The summed E-state index contributed by atoms with van der Waals surface area (Å²) in [6, 6.07) is 13.0. The summed E-state index contributed by atoms with van der Waals surface area (Å²) in [7, 11) is -2.67. The fourth-order valence-electron chi connectivity index (χ4n) is 5.28. The molecule has 0 saturated heterocycles. The molecule has 0 saturated carbocycles. The molecule has 4 bridgehead atoms. The maximum Gasteiger partial charge on any atom is 0.264 e. The van der Waals surface area contributed by atoms with Crippen LogP contribution >= 0.6 is 0 Å². The van der Waals surface area contributed by atoms with Gasteiger partial charge in [0.1, 0.15) is 6.61 Å². The molecule has 44 heavy (non-hydrogen) atoms. The summed E-state index contributed by atoms with van der Waals surface area (Å²) in [5.74, 6) is -0.0188. The number of aryl methyl sites for hydroxylation is 2. The Kier molecular flexibility index (Phi) is 8.55. The SMILES string of the molecule is COc1cncc(CN2C(=O)c3cccc(c3)S(=O)(=O)Nc3nc(cc(-c4c(C)cccc4C)n3)OC[C@H]2CC(C)(C)C)n1. The summed E-state index contributed by atoms with van der Waals surface area (Å²) in [5.41, 5.74) is 3.81. The number of hydrogen-bond donors (Lipinski definition) is 1. The van der Waals surface area contributed by atoms with Crippen LogP contribution in [0.3, 0.4) is 0 Å². The Morgan fingerprint density at radius 2 is 1.75 bits per heavy atom. The molecular weight excluding hydrogens is 580 g/mol. The monoisotopic (exact) mass is 616 g/mol. The highest BCUT2D eigenvalue weighted by atomic mass is 32.2. The van der Waals surface area contributed by atoms with E-state index in [0.29, 0.717) is 23.7 Å². The molecule has 0 spiro atoms. The summed E-state index contributed by atoms with van der Waals surface area (Å²) in [6.07, 6.45) is 3.63. The van der Waals surface area contributed by atoms with Gasteiger partial charge in [0.15, 0.2) is 0 Å². The minimum Gasteiger partial charge on any atom is -0.480 e. The first-order valence-electron chi connectivity index (χ1n) is 14.2. The molecule has 0 aliphatic carbocycles. The van der Waals surface area contributed by atoms with E-state index in [2.05, 4.69) is 45.4 Å². The number of rotatable bonds is 5. The van der Waals surface area contributed by atoms with Crippen LogP contribution < -0.4 is 14.2 Å². The van der Waals surface area contributed by atoms with Gasteiger partial charge in [0.25, 0.3) is 15.9 Å². The molecular formula is C32H36N6O5S. The Hall–Kier alpha value is -4.58. The van der Waals surface area contributed by atoms with E-state index in [1.807, 2.05) is 32.0 Å². The van der Waals surface area contributed by atoms with Gasteiger partial charge in [0, 0.05) is 17.2 Å². The number of hydrogen-bond acceptors (Lipinski definition) is 9. The molecule has 1 aliphatic rings. The third-order valence-electron chi connectivity index (χ3n) is 7.23. The molecule has 230 valence electrons. The Morgan fingerprint density at radius 3 is 2.45 bits per heavy atom. The number of nitrogens with one attached hydrogen (secondary N) is 1. The van der Waals surface area contributed by atoms with E-state index in [9.17, 15) is 13.2 Å². The van der Waals surface area contributed by atoms with Gasteiger partial charge in [-0.25, -0.2) is 23.1 Å². The van der Waals surface area contributed by atoms with Gasteiger partial charge in [0.2, 0.25) is 17.7 Å². The number of benzene rings is 2. The van der Waals surface area contributed by atoms with E-state index >= 15 is 0 Å². The van der Waals surface area contributed by atoms with E-state index in [4.69, 9.17) is 9.47 Å². The lowest BCUT2D eigenvalue weighted by atomic mass is 9.87. The predicted octanol–water partition coefficient (Wildman–Crippen LogP) is 5.20. The van der Waals surface area contributed by atoms with Crippen molar-refractivity contribution in [2.24, 2.45) is 5.41 Å². The van der Waals surface area contributed by atoms with Crippen LogP contribution in [0.1, 0.15) is 54.4 Å². The van der Waals surface area contributed by atoms with Crippen LogP contribution in [0.5, 0.6) is 11.8 Å². The van der Waals surface area contributed by atoms with E-state index in [1.54, 1.807) is 29.3 Å². The van der Waals surface area contributed by atoms with Gasteiger partial charge in [-0.05, 0) is 55.0 Å². The fourth-order valence-corrected chi connectivity index (χ4v) is 6.27. The highest BCUT2D eigenvalue weighted by Gasteiger charge is 2.32. The summed E-state index contributed by atoms with van der Waals surface area (Å²) in [4.78, 5) is 33.5. The molecule has 0 radical (unpaired) electrons. The summed E-state index contributed by atoms with van der Waals surface area (Å²) < 4.78 is 41.2. The highest BCUT2D eigenvalue weighted by Crippen LogP contribution is 2.31. The number of sulfonamides is 1. The van der Waals surface area contributed by atoms with Crippen LogP contribution in [-0.4, -0.2) is 58.9 Å². The normalized spacial score (nSPS) is 16.5. The third kappa shape index (κ3) is 6.96. The average molecular weight is 617 g/mol. The molecule has 0 fully saturated rings.